The van der Waals surface area contributed by atoms with Crippen LogP contribution in [0.2, 0.25) is 0 Å². The highest BCUT2D eigenvalue weighted by atomic mass is 32.2. The predicted octanol–water partition coefficient (Wildman–Crippen LogP) is 4.49. The van der Waals surface area contributed by atoms with Crippen molar-refractivity contribution in [3.63, 3.8) is 0 Å². The van der Waals surface area contributed by atoms with E-state index in [1.807, 2.05) is 46.8 Å². The summed E-state index contributed by atoms with van der Waals surface area (Å²) in [5.74, 6) is -0.176. The molecule has 0 radical (unpaired) electrons. The van der Waals surface area contributed by atoms with Crippen LogP contribution in [0.15, 0.2) is 29.2 Å². The summed E-state index contributed by atoms with van der Waals surface area (Å²) < 4.78 is 5.00. The van der Waals surface area contributed by atoms with Crippen LogP contribution < -0.4 is 0 Å². The van der Waals surface area contributed by atoms with E-state index >= 15 is 0 Å². The minimum absolute atomic E-state index is 0.176. The summed E-state index contributed by atoms with van der Waals surface area (Å²) in [5.41, 5.74) is 0.143. The number of esters is 1. The van der Waals surface area contributed by atoms with Crippen molar-refractivity contribution in [1.29, 1.82) is 0 Å². The molecule has 0 N–H and O–H groups in total. The van der Waals surface area contributed by atoms with Gasteiger partial charge in [-0.25, -0.2) is 0 Å². The second kappa shape index (κ2) is 7.12. The lowest BCUT2D eigenvalue weighted by Gasteiger charge is -2.32. The SMILES string of the molecule is CCC(CC)(Sc1ccc(C=O)cc1)C(=O)OC(C)(C)C. The highest BCUT2D eigenvalue weighted by Gasteiger charge is 2.39. The summed E-state index contributed by atoms with van der Waals surface area (Å²) in [7, 11) is 0. The fraction of sp³-hybridized carbons (Fsp3) is 0.529. The van der Waals surface area contributed by atoms with E-state index in [1.165, 1.54) is 11.8 Å². The van der Waals surface area contributed by atoms with Crippen LogP contribution in [0, 0.1) is 0 Å². The minimum Gasteiger partial charge on any atom is -0.459 e. The van der Waals surface area contributed by atoms with Gasteiger partial charge in [0.25, 0.3) is 0 Å². The van der Waals surface area contributed by atoms with Gasteiger partial charge in [0.1, 0.15) is 16.6 Å². The van der Waals surface area contributed by atoms with E-state index in [1.54, 1.807) is 12.1 Å². The third kappa shape index (κ3) is 4.88. The van der Waals surface area contributed by atoms with Crippen LogP contribution >= 0.6 is 11.8 Å². The third-order valence-electron chi connectivity index (χ3n) is 3.24. The van der Waals surface area contributed by atoms with E-state index in [0.717, 1.165) is 11.2 Å². The number of benzene rings is 1. The van der Waals surface area contributed by atoms with Crippen LogP contribution in [0.5, 0.6) is 0 Å². The van der Waals surface area contributed by atoms with Gasteiger partial charge in [0.05, 0.1) is 0 Å². The molecule has 0 aliphatic heterocycles. The summed E-state index contributed by atoms with van der Waals surface area (Å²) in [6.07, 6.45) is 2.20. The van der Waals surface area contributed by atoms with Gasteiger partial charge >= 0.3 is 5.97 Å². The Morgan fingerprint density at radius 3 is 2.05 bits per heavy atom. The predicted molar refractivity (Wildman–Crippen MR) is 86.8 cm³/mol. The molecule has 21 heavy (non-hydrogen) atoms. The summed E-state index contributed by atoms with van der Waals surface area (Å²) in [5, 5.41) is 0. The van der Waals surface area contributed by atoms with E-state index in [2.05, 4.69) is 0 Å². The second-order valence-corrected chi connectivity index (χ2v) is 7.45. The maximum atomic E-state index is 12.6. The molecule has 0 aromatic heterocycles. The van der Waals surface area contributed by atoms with Crippen LogP contribution in [-0.4, -0.2) is 22.6 Å². The van der Waals surface area contributed by atoms with E-state index < -0.39 is 10.3 Å². The number of carbonyl (C=O) groups is 2. The zero-order valence-electron chi connectivity index (χ0n) is 13.4. The highest BCUT2D eigenvalue weighted by molar-refractivity contribution is 8.01. The van der Waals surface area contributed by atoms with Crippen LogP contribution in [0.25, 0.3) is 0 Å². The molecule has 1 aromatic carbocycles. The number of ether oxygens (including phenoxy) is 1. The molecule has 4 heteroatoms. The van der Waals surface area contributed by atoms with E-state index in [-0.39, 0.29) is 5.97 Å². The molecule has 0 saturated heterocycles. The number of hydrogen-bond donors (Lipinski definition) is 0. The fourth-order valence-electron chi connectivity index (χ4n) is 1.94. The first kappa shape index (κ1) is 17.8. The topological polar surface area (TPSA) is 43.4 Å². The van der Waals surface area contributed by atoms with Gasteiger partial charge in [0.15, 0.2) is 0 Å². The van der Waals surface area contributed by atoms with Gasteiger partial charge in [-0.05, 0) is 45.7 Å². The molecule has 116 valence electrons. The Labute approximate surface area is 131 Å². The number of rotatable bonds is 6. The standard InChI is InChI=1S/C17H24O3S/c1-6-17(7-2,15(19)20-16(3,4)5)21-14-10-8-13(12-18)9-11-14/h8-12H,6-7H2,1-5H3. The lowest BCUT2D eigenvalue weighted by Crippen LogP contribution is -2.40. The molecular weight excluding hydrogens is 284 g/mol. The van der Waals surface area contributed by atoms with E-state index in [0.29, 0.717) is 18.4 Å². The lowest BCUT2D eigenvalue weighted by molar-refractivity contribution is -0.158. The molecule has 0 amide bonds. The fourth-order valence-corrected chi connectivity index (χ4v) is 3.07. The zero-order chi connectivity index (χ0) is 16.1. The highest BCUT2D eigenvalue weighted by Crippen LogP contribution is 2.40. The molecule has 0 heterocycles. The van der Waals surface area contributed by atoms with Crippen LogP contribution in [0.3, 0.4) is 0 Å². The Kier molecular flexibility index (Phi) is 6.02. The Balaban J connectivity index is 2.98. The van der Waals surface area contributed by atoms with Crippen molar-refractivity contribution in [3.8, 4) is 0 Å². The van der Waals surface area contributed by atoms with Gasteiger partial charge in [0.2, 0.25) is 0 Å². The molecule has 0 aliphatic rings. The number of carbonyl (C=O) groups excluding carboxylic acids is 2. The minimum atomic E-state index is -0.587. The van der Waals surface area contributed by atoms with Gasteiger partial charge in [-0.15, -0.1) is 11.8 Å². The normalized spacial score (nSPS) is 12.0. The average Bonchev–Trinajstić information content (AvgIpc) is 2.43. The Morgan fingerprint density at radius 2 is 1.67 bits per heavy atom. The summed E-state index contributed by atoms with van der Waals surface area (Å²) in [6, 6.07) is 7.28. The first-order valence-electron chi connectivity index (χ1n) is 7.24. The molecule has 1 rings (SSSR count). The summed E-state index contributed by atoms with van der Waals surface area (Å²) >= 11 is 1.51. The van der Waals surface area contributed by atoms with E-state index in [4.69, 9.17) is 4.74 Å². The van der Waals surface area contributed by atoms with Crippen molar-refractivity contribution in [2.24, 2.45) is 0 Å². The Hall–Kier alpha value is -1.29. The van der Waals surface area contributed by atoms with Crippen molar-refractivity contribution in [1.82, 2.24) is 0 Å². The van der Waals surface area contributed by atoms with Gasteiger partial charge in [0, 0.05) is 10.5 Å². The van der Waals surface area contributed by atoms with Gasteiger partial charge in [-0.2, -0.15) is 0 Å². The molecule has 0 unspecified atom stereocenters. The summed E-state index contributed by atoms with van der Waals surface area (Å²) in [6.45, 7) is 9.64. The van der Waals surface area contributed by atoms with Gasteiger partial charge in [-0.1, -0.05) is 26.0 Å². The van der Waals surface area contributed by atoms with Crippen molar-refractivity contribution < 1.29 is 14.3 Å². The molecule has 3 nitrogen and oxygen atoms in total. The third-order valence-corrected chi connectivity index (χ3v) is 4.89. The van der Waals surface area contributed by atoms with Crippen LogP contribution in [0.4, 0.5) is 0 Å². The maximum Gasteiger partial charge on any atom is 0.323 e. The maximum absolute atomic E-state index is 12.6. The van der Waals surface area contributed by atoms with Crippen molar-refractivity contribution in [2.75, 3.05) is 0 Å². The monoisotopic (exact) mass is 308 g/mol. The molecule has 0 bridgehead atoms. The van der Waals surface area contributed by atoms with Gasteiger partial charge in [-0.3, -0.25) is 9.59 Å². The first-order chi connectivity index (χ1) is 9.76. The first-order valence-corrected chi connectivity index (χ1v) is 8.05. The molecule has 0 fully saturated rings. The molecule has 0 spiro atoms. The summed E-state index contributed by atoms with van der Waals surface area (Å²) in [4.78, 5) is 24.2. The largest absolute Gasteiger partial charge is 0.459 e. The molecular formula is C17H24O3S. The van der Waals surface area contributed by atoms with Gasteiger partial charge < -0.3 is 4.74 Å². The van der Waals surface area contributed by atoms with Crippen LogP contribution in [0.1, 0.15) is 57.8 Å². The quantitative estimate of drug-likeness (QED) is 0.441. The van der Waals surface area contributed by atoms with Crippen molar-refractivity contribution >= 4 is 24.0 Å². The smallest absolute Gasteiger partial charge is 0.323 e. The van der Waals surface area contributed by atoms with Crippen molar-refractivity contribution in [3.05, 3.63) is 29.8 Å². The number of hydrogen-bond acceptors (Lipinski definition) is 4. The Morgan fingerprint density at radius 1 is 1.14 bits per heavy atom. The Bertz CT molecular complexity index is 482. The molecule has 0 saturated carbocycles. The zero-order valence-corrected chi connectivity index (χ0v) is 14.3. The molecule has 0 aliphatic carbocycles. The number of thioether (sulfide) groups is 1. The number of aldehydes is 1. The van der Waals surface area contributed by atoms with E-state index in [9.17, 15) is 9.59 Å². The average molecular weight is 308 g/mol. The molecule has 1 aromatic rings. The van der Waals surface area contributed by atoms with Crippen LogP contribution in [-0.2, 0) is 9.53 Å². The molecule has 0 atom stereocenters. The second-order valence-electron chi connectivity index (χ2n) is 5.99. The lowest BCUT2D eigenvalue weighted by atomic mass is 10.0. The van der Waals surface area contributed by atoms with Crippen molar-refractivity contribution in [2.45, 2.75) is 62.7 Å².